The monoisotopic (exact) mass is 460 g/mol. The number of carbonyl (C=O) groups is 1. The lowest BCUT2D eigenvalue weighted by atomic mass is 9.91. The predicted octanol–water partition coefficient (Wildman–Crippen LogP) is 4.83. The zero-order valence-electron chi connectivity index (χ0n) is 19.8. The SMILES string of the molecule is CCOC(=N)c1ccc2ccc(C[C@H](C(=O)OCC)c3ccc(O[C@H]4CCNC4)cc3)cc2c1. The Kier molecular flexibility index (Phi) is 7.80. The van der Waals surface area contributed by atoms with E-state index in [1.165, 1.54) is 0 Å². The van der Waals surface area contributed by atoms with Crippen molar-refractivity contribution in [2.75, 3.05) is 26.3 Å². The molecule has 2 N–H and O–H groups in total. The van der Waals surface area contributed by atoms with Crippen LogP contribution in [-0.2, 0) is 20.7 Å². The second-order valence-electron chi connectivity index (χ2n) is 8.47. The Morgan fingerprint density at radius 3 is 2.47 bits per heavy atom. The summed E-state index contributed by atoms with van der Waals surface area (Å²) in [7, 11) is 0. The summed E-state index contributed by atoms with van der Waals surface area (Å²) < 4.78 is 16.8. The smallest absolute Gasteiger partial charge is 0.313 e. The van der Waals surface area contributed by atoms with Crippen molar-refractivity contribution in [3.05, 3.63) is 77.4 Å². The Morgan fingerprint density at radius 1 is 1.00 bits per heavy atom. The first kappa shape index (κ1) is 23.8. The van der Waals surface area contributed by atoms with Crippen LogP contribution >= 0.6 is 0 Å². The largest absolute Gasteiger partial charge is 0.489 e. The molecular weight excluding hydrogens is 428 g/mol. The highest BCUT2D eigenvalue weighted by Gasteiger charge is 2.23. The van der Waals surface area contributed by atoms with E-state index in [0.29, 0.717) is 19.6 Å². The van der Waals surface area contributed by atoms with Crippen LogP contribution in [-0.4, -0.2) is 44.3 Å². The van der Waals surface area contributed by atoms with E-state index < -0.39 is 5.92 Å². The van der Waals surface area contributed by atoms with Crippen LogP contribution in [0, 0.1) is 5.41 Å². The van der Waals surface area contributed by atoms with E-state index in [1.54, 1.807) is 0 Å². The molecule has 6 nitrogen and oxygen atoms in total. The molecule has 0 amide bonds. The molecule has 1 heterocycles. The number of hydrogen-bond donors (Lipinski definition) is 2. The molecule has 0 aromatic heterocycles. The topological polar surface area (TPSA) is 80.6 Å². The average Bonchev–Trinajstić information content (AvgIpc) is 3.36. The summed E-state index contributed by atoms with van der Waals surface area (Å²) in [4.78, 5) is 12.9. The van der Waals surface area contributed by atoms with Gasteiger partial charge in [0.05, 0.1) is 19.1 Å². The normalized spacial score (nSPS) is 16.2. The number of esters is 1. The first-order valence-electron chi connectivity index (χ1n) is 12.0. The Bertz CT molecular complexity index is 1140. The molecule has 2 atom stereocenters. The van der Waals surface area contributed by atoms with Gasteiger partial charge in [-0.15, -0.1) is 0 Å². The van der Waals surface area contributed by atoms with Crippen molar-refractivity contribution in [1.29, 1.82) is 5.41 Å². The van der Waals surface area contributed by atoms with Gasteiger partial charge < -0.3 is 19.5 Å². The van der Waals surface area contributed by atoms with Crippen LogP contribution in [0.1, 0.15) is 42.9 Å². The van der Waals surface area contributed by atoms with Gasteiger partial charge in [-0.05, 0) is 79.4 Å². The number of fused-ring (bicyclic) bond motifs is 1. The first-order chi connectivity index (χ1) is 16.6. The maximum absolute atomic E-state index is 12.9. The summed E-state index contributed by atoms with van der Waals surface area (Å²) in [5, 5.41) is 13.5. The fraction of sp³-hybridized carbons (Fsp3) is 0.357. The van der Waals surface area contributed by atoms with Crippen molar-refractivity contribution in [2.45, 2.75) is 38.7 Å². The lowest BCUT2D eigenvalue weighted by molar-refractivity contribution is -0.144. The molecule has 1 aliphatic rings. The summed E-state index contributed by atoms with van der Waals surface area (Å²) in [5.74, 6) is 0.331. The first-order valence-corrected chi connectivity index (χ1v) is 12.0. The van der Waals surface area contributed by atoms with Gasteiger partial charge in [-0.3, -0.25) is 10.2 Å². The van der Waals surface area contributed by atoms with Crippen molar-refractivity contribution >= 4 is 22.6 Å². The van der Waals surface area contributed by atoms with Gasteiger partial charge >= 0.3 is 5.97 Å². The lowest BCUT2D eigenvalue weighted by Gasteiger charge is -2.18. The lowest BCUT2D eigenvalue weighted by Crippen LogP contribution is -2.20. The zero-order valence-corrected chi connectivity index (χ0v) is 19.8. The molecular formula is C28H32N2O4. The minimum atomic E-state index is -0.412. The summed E-state index contributed by atoms with van der Waals surface area (Å²) >= 11 is 0. The Hall–Kier alpha value is -3.38. The molecule has 1 fully saturated rings. The molecule has 1 saturated heterocycles. The summed E-state index contributed by atoms with van der Waals surface area (Å²) in [5.41, 5.74) is 2.67. The number of ether oxygens (including phenoxy) is 3. The number of benzene rings is 3. The van der Waals surface area contributed by atoms with Gasteiger partial charge in [0, 0.05) is 12.1 Å². The van der Waals surface area contributed by atoms with Gasteiger partial charge in [-0.25, -0.2) is 0 Å². The van der Waals surface area contributed by atoms with Crippen molar-refractivity contribution in [3.8, 4) is 5.75 Å². The van der Waals surface area contributed by atoms with E-state index in [1.807, 2.05) is 68.4 Å². The highest BCUT2D eigenvalue weighted by molar-refractivity contribution is 5.97. The van der Waals surface area contributed by atoms with Crippen molar-refractivity contribution in [1.82, 2.24) is 5.32 Å². The molecule has 0 radical (unpaired) electrons. The average molecular weight is 461 g/mol. The third kappa shape index (κ3) is 5.75. The van der Waals surface area contributed by atoms with Crippen LogP contribution < -0.4 is 10.1 Å². The summed E-state index contributed by atoms with van der Waals surface area (Å²) in [6.45, 7) is 6.33. The van der Waals surface area contributed by atoms with E-state index in [-0.39, 0.29) is 18.0 Å². The molecule has 0 bridgehead atoms. The van der Waals surface area contributed by atoms with Gasteiger partial charge in [-0.2, -0.15) is 0 Å². The van der Waals surface area contributed by atoms with E-state index in [0.717, 1.165) is 52.7 Å². The predicted molar refractivity (Wildman–Crippen MR) is 134 cm³/mol. The van der Waals surface area contributed by atoms with E-state index in [2.05, 4.69) is 11.4 Å². The highest BCUT2D eigenvalue weighted by atomic mass is 16.5. The summed E-state index contributed by atoms with van der Waals surface area (Å²) in [6, 6.07) is 19.8. The maximum Gasteiger partial charge on any atom is 0.313 e. The number of rotatable bonds is 9. The third-order valence-corrected chi connectivity index (χ3v) is 6.07. The van der Waals surface area contributed by atoms with Crippen molar-refractivity contribution < 1.29 is 19.0 Å². The van der Waals surface area contributed by atoms with Gasteiger partial charge in [0.15, 0.2) is 0 Å². The molecule has 6 heteroatoms. The number of hydrogen-bond acceptors (Lipinski definition) is 6. The fourth-order valence-electron chi connectivity index (χ4n) is 4.31. The summed E-state index contributed by atoms with van der Waals surface area (Å²) in [6.07, 6.45) is 1.72. The number of carbonyl (C=O) groups excluding carboxylic acids is 1. The van der Waals surface area contributed by atoms with Crippen molar-refractivity contribution in [2.24, 2.45) is 0 Å². The zero-order chi connectivity index (χ0) is 23.9. The third-order valence-electron chi connectivity index (χ3n) is 6.07. The standard InChI is InChI=1S/C28H32N2O4/c1-3-32-27(29)22-8-7-20-6-5-19(15-23(20)17-22)16-26(28(31)33-4-2)21-9-11-24(12-10-21)34-25-13-14-30-18-25/h5-12,15,17,25-26,29-30H,3-4,13-14,16,18H2,1-2H3/t25-,26-/m0/s1. The minimum Gasteiger partial charge on any atom is -0.489 e. The second-order valence-corrected chi connectivity index (χ2v) is 8.47. The molecule has 0 unspecified atom stereocenters. The Balaban J connectivity index is 1.56. The second kappa shape index (κ2) is 11.2. The molecule has 1 aliphatic heterocycles. The van der Waals surface area contributed by atoms with E-state index in [9.17, 15) is 4.79 Å². The molecule has 0 aliphatic carbocycles. The molecule has 34 heavy (non-hydrogen) atoms. The Labute approximate surface area is 200 Å². The van der Waals surface area contributed by atoms with Gasteiger partial charge in [0.2, 0.25) is 5.90 Å². The fourth-order valence-corrected chi connectivity index (χ4v) is 4.31. The van der Waals surface area contributed by atoms with Gasteiger partial charge in [0.25, 0.3) is 0 Å². The van der Waals surface area contributed by atoms with Crippen LogP contribution in [0.2, 0.25) is 0 Å². The van der Waals surface area contributed by atoms with E-state index >= 15 is 0 Å². The quantitative estimate of drug-likeness (QED) is 0.272. The van der Waals surface area contributed by atoms with Crippen LogP contribution in [0.5, 0.6) is 5.75 Å². The Morgan fingerprint density at radius 2 is 1.76 bits per heavy atom. The van der Waals surface area contributed by atoms with E-state index in [4.69, 9.17) is 19.6 Å². The molecule has 178 valence electrons. The minimum absolute atomic E-state index is 0.162. The van der Waals surface area contributed by atoms with Crippen LogP contribution in [0.3, 0.4) is 0 Å². The molecule has 4 rings (SSSR count). The van der Waals surface area contributed by atoms with Crippen LogP contribution in [0.25, 0.3) is 10.8 Å². The molecule has 0 spiro atoms. The van der Waals surface area contributed by atoms with Gasteiger partial charge in [-0.1, -0.05) is 36.4 Å². The van der Waals surface area contributed by atoms with Crippen LogP contribution in [0.4, 0.5) is 0 Å². The number of nitrogens with one attached hydrogen (secondary N) is 2. The molecule has 0 saturated carbocycles. The highest BCUT2D eigenvalue weighted by Crippen LogP contribution is 2.27. The van der Waals surface area contributed by atoms with Crippen molar-refractivity contribution in [3.63, 3.8) is 0 Å². The maximum atomic E-state index is 12.9. The molecule has 3 aromatic carbocycles. The van der Waals surface area contributed by atoms with Crippen LogP contribution in [0.15, 0.2) is 60.7 Å². The van der Waals surface area contributed by atoms with Gasteiger partial charge in [0.1, 0.15) is 11.9 Å². The molecule has 3 aromatic rings.